The smallest absolute Gasteiger partial charge is 0.387 e. The summed E-state index contributed by atoms with van der Waals surface area (Å²) in [5.74, 6) is 1.47. The van der Waals surface area contributed by atoms with Gasteiger partial charge in [-0.3, -0.25) is 4.79 Å². The molecule has 1 N–H and O–H groups in total. The zero-order valence-electron chi connectivity index (χ0n) is 14.9. The van der Waals surface area contributed by atoms with Crippen molar-refractivity contribution in [1.29, 1.82) is 0 Å². The van der Waals surface area contributed by atoms with Crippen LogP contribution in [0.3, 0.4) is 0 Å². The molecule has 0 saturated heterocycles. The summed E-state index contributed by atoms with van der Waals surface area (Å²) in [6.45, 7) is 0.248. The van der Waals surface area contributed by atoms with Crippen molar-refractivity contribution >= 4 is 17.2 Å². The summed E-state index contributed by atoms with van der Waals surface area (Å²) in [6, 6.07) is 4.03. The minimum absolute atomic E-state index is 0.00293. The first-order chi connectivity index (χ1) is 12.7. The highest BCUT2D eigenvalue weighted by Crippen LogP contribution is 2.40. The number of hydrogen-bond donors (Lipinski definition) is 1. The third-order valence-corrected chi connectivity index (χ3v) is 6.65. The number of rotatable bonds is 5. The van der Waals surface area contributed by atoms with E-state index in [0.717, 1.165) is 29.6 Å². The Labute approximate surface area is 156 Å². The molecule has 2 heterocycles. The highest BCUT2D eigenvalue weighted by atomic mass is 32.1. The molecule has 0 aromatic carbocycles. The highest BCUT2D eigenvalue weighted by Gasteiger charge is 2.32. The van der Waals surface area contributed by atoms with E-state index < -0.39 is 5.76 Å². The van der Waals surface area contributed by atoms with Crippen LogP contribution in [0.2, 0.25) is 0 Å². The number of nitrogens with one attached hydrogen (secondary N) is 1. The molecule has 0 spiro atoms. The van der Waals surface area contributed by atoms with E-state index in [1.807, 2.05) is 17.5 Å². The van der Waals surface area contributed by atoms with Crippen LogP contribution in [-0.2, 0) is 11.3 Å². The van der Waals surface area contributed by atoms with Gasteiger partial charge < -0.3 is 9.73 Å². The van der Waals surface area contributed by atoms with Crippen molar-refractivity contribution < 1.29 is 9.21 Å². The minimum Gasteiger partial charge on any atom is -0.387 e. The lowest BCUT2D eigenvalue weighted by atomic mass is 9.69. The Kier molecular flexibility index (Phi) is 5.24. The van der Waals surface area contributed by atoms with Gasteiger partial charge in [-0.1, -0.05) is 31.7 Å². The van der Waals surface area contributed by atoms with Crippen LogP contribution in [0.25, 0.3) is 10.8 Å². The number of carbonyl (C=O) groups is 1. The van der Waals surface area contributed by atoms with E-state index in [2.05, 4.69) is 10.4 Å². The van der Waals surface area contributed by atoms with E-state index in [-0.39, 0.29) is 24.9 Å². The van der Waals surface area contributed by atoms with Crippen LogP contribution in [0.1, 0.15) is 51.4 Å². The molecule has 4 rings (SSSR count). The van der Waals surface area contributed by atoms with Gasteiger partial charge in [-0.2, -0.15) is 4.68 Å². The molecule has 26 heavy (non-hydrogen) atoms. The minimum atomic E-state index is -0.510. The van der Waals surface area contributed by atoms with Gasteiger partial charge in [0.1, 0.15) is 0 Å². The Morgan fingerprint density at radius 3 is 2.92 bits per heavy atom. The van der Waals surface area contributed by atoms with Crippen molar-refractivity contribution in [3.8, 4) is 10.8 Å². The summed E-state index contributed by atoms with van der Waals surface area (Å²) in [5, 5.41) is 9.26. The van der Waals surface area contributed by atoms with Crippen molar-refractivity contribution in [3.63, 3.8) is 0 Å². The second-order valence-electron chi connectivity index (χ2n) is 7.51. The lowest BCUT2D eigenvalue weighted by Gasteiger charge is -2.39. The maximum absolute atomic E-state index is 12.3. The summed E-state index contributed by atoms with van der Waals surface area (Å²) in [6.07, 6.45) is 9.08. The van der Waals surface area contributed by atoms with Crippen molar-refractivity contribution in [2.24, 2.45) is 11.8 Å². The molecule has 3 atom stereocenters. The average molecular weight is 375 g/mol. The SMILES string of the molecule is O=C(CCn1nc(-c2cccs2)oc1=O)N[C@@H]1CC[C@H]2CCCC[C@H]2C1. The van der Waals surface area contributed by atoms with Crippen LogP contribution in [-0.4, -0.2) is 21.7 Å². The van der Waals surface area contributed by atoms with E-state index in [4.69, 9.17) is 4.42 Å². The van der Waals surface area contributed by atoms with Gasteiger partial charge in [-0.25, -0.2) is 4.79 Å². The third-order valence-electron chi connectivity index (χ3n) is 5.79. The van der Waals surface area contributed by atoms with Crippen molar-refractivity contribution in [2.45, 2.75) is 64.0 Å². The normalized spacial score (nSPS) is 25.6. The summed E-state index contributed by atoms with van der Waals surface area (Å²) in [4.78, 5) is 25.0. The number of thiophene rings is 1. The molecular formula is C19H25N3O3S. The van der Waals surface area contributed by atoms with E-state index in [9.17, 15) is 9.59 Å². The Bertz CT molecular complexity index is 795. The average Bonchev–Trinajstić information content (AvgIpc) is 3.29. The summed E-state index contributed by atoms with van der Waals surface area (Å²) >= 11 is 1.47. The predicted octanol–water partition coefficient (Wildman–Crippen LogP) is 3.43. The molecule has 2 saturated carbocycles. The molecule has 2 aromatic heterocycles. The maximum Gasteiger partial charge on any atom is 0.437 e. The molecule has 2 aromatic rings. The molecule has 7 heteroatoms. The Balaban J connectivity index is 1.28. The fourth-order valence-corrected chi connectivity index (χ4v) is 5.10. The summed E-state index contributed by atoms with van der Waals surface area (Å²) in [5.41, 5.74) is 0. The van der Waals surface area contributed by atoms with E-state index in [0.29, 0.717) is 5.89 Å². The summed E-state index contributed by atoms with van der Waals surface area (Å²) in [7, 11) is 0. The van der Waals surface area contributed by atoms with Crippen LogP contribution in [0.4, 0.5) is 0 Å². The van der Waals surface area contributed by atoms with E-state index in [1.54, 1.807) is 0 Å². The van der Waals surface area contributed by atoms with Gasteiger partial charge in [0.05, 0.1) is 11.4 Å². The quantitative estimate of drug-likeness (QED) is 0.868. The molecule has 1 amide bonds. The molecule has 2 aliphatic carbocycles. The standard InChI is InChI=1S/C19H25N3O3S/c23-17(20-15-8-7-13-4-1-2-5-14(13)12-15)9-10-22-19(24)25-18(21-22)16-6-3-11-26-16/h3,6,11,13-15H,1-2,4-5,7-10,12H2,(H,20,23)/t13-,14+,15-/m1/s1. The van der Waals surface area contributed by atoms with Gasteiger partial charge in [-0.05, 0) is 42.5 Å². The zero-order chi connectivity index (χ0) is 17.9. The molecule has 0 unspecified atom stereocenters. The Morgan fingerprint density at radius 1 is 1.27 bits per heavy atom. The fraction of sp³-hybridized carbons (Fsp3) is 0.632. The van der Waals surface area contributed by atoms with Crippen LogP contribution < -0.4 is 11.1 Å². The first-order valence-corrected chi connectivity index (χ1v) is 10.5. The van der Waals surface area contributed by atoms with E-state index >= 15 is 0 Å². The van der Waals surface area contributed by atoms with Crippen molar-refractivity contribution in [1.82, 2.24) is 15.1 Å². The molecule has 140 valence electrons. The van der Waals surface area contributed by atoms with E-state index in [1.165, 1.54) is 48.1 Å². The number of carbonyl (C=O) groups excluding carboxylic acids is 1. The van der Waals surface area contributed by atoms with Crippen molar-refractivity contribution in [3.05, 3.63) is 28.1 Å². The monoisotopic (exact) mass is 375 g/mol. The molecule has 2 fully saturated rings. The number of amides is 1. The molecule has 0 aliphatic heterocycles. The van der Waals surface area contributed by atoms with Crippen molar-refractivity contribution in [2.75, 3.05) is 0 Å². The molecule has 0 bridgehead atoms. The molecule has 2 aliphatic rings. The molecule has 6 nitrogen and oxygen atoms in total. The molecular weight excluding hydrogens is 350 g/mol. The Hall–Kier alpha value is -1.89. The van der Waals surface area contributed by atoms with Gasteiger partial charge in [0, 0.05) is 12.5 Å². The Morgan fingerprint density at radius 2 is 2.12 bits per heavy atom. The first-order valence-electron chi connectivity index (χ1n) is 9.60. The predicted molar refractivity (Wildman–Crippen MR) is 99.9 cm³/mol. The summed E-state index contributed by atoms with van der Waals surface area (Å²) < 4.78 is 6.42. The number of aromatic nitrogens is 2. The van der Waals surface area contributed by atoms with Crippen LogP contribution in [0.15, 0.2) is 26.7 Å². The van der Waals surface area contributed by atoms with Gasteiger partial charge in [0.2, 0.25) is 5.91 Å². The lowest BCUT2D eigenvalue weighted by Crippen LogP contribution is -2.42. The highest BCUT2D eigenvalue weighted by molar-refractivity contribution is 7.13. The van der Waals surface area contributed by atoms with Crippen LogP contribution >= 0.6 is 11.3 Å². The topological polar surface area (TPSA) is 77.1 Å². The van der Waals surface area contributed by atoms with Crippen LogP contribution in [0.5, 0.6) is 0 Å². The third kappa shape index (κ3) is 3.92. The maximum atomic E-state index is 12.3. The van der Waals surface area contributed by atoms with Gasteiger partial charge >= 0.3 is 5.76 Å². The number of hydrogen-bond acceptors (Lipinski definition) is 5. The fourth-order valence-electron chi connectivity index (χ4n) is 4.46. The lowest BCUT2D eigenvalue weighted by molar-refractivity contribution is -0.122. The largest absolute Gasteiger partial charge is 0.437 e. The number of fused-ring (bicyclic) bond motifs is 1. The molecule has 0 radical (unpaired) electrons. The zero-order valence-corrected chi connectivity index (χ0v) is 15.7. The second kappa shape index (κ2) is 7.78. The van der Waals surface area contributed by atoms with Gasteiger partial charge in [0.15, 0.2) is 0 Å². The first kappa shape index (κ1) is 17.5. The van der Waals surface area contributed by atoms with Gasteiger partial charge in [0.25, 0.3) is 5.89 Å². The number of aryl methyl sites for hydroxylation is 1. The second-order valence-corrected chi connectivity index (χ2v) is 8.45. The van der Waals surface area contributed by atoms with Gasteiger partial charge in [-0.15, -0.1) is 16.4 Å². The van der Waals surface area contributed by atoms with Crippen LogP contribution in [0, 0.1) is 11.8 Å². The number of nitrogens with zero attached hydrogens (tertiary/aromatic N) is 2.